The number of rotatable bonds is 4. The van der Waals surface area contributed by atoms with E-state index >= 15 is 0 Å². The molecule has 2 N–H and O–H groups in total. The maximum Gasteiger partial charge on any atom is 0.304 e. The molecule has 3 rings (SSSR count). The first-order chi connectivity index (χ1) is 12.2. The number of hydrazine groups is 1. The summed E-state index contributed by atoms with van der Waals surface area (Å²) in [6, 6.07) is 9.83. The number of amides is 1. The molecule has 0 bridgehead atoms. The van der Waals surface area contributed by atoms with Crippen molar-refractivity contribution in [1.82, 2.24) is 5.16 Å². The van der Waals surface area contributed by atoms with Crippen LogP contribution in [-0.4, -0.2) is 11.1 Å². The van der Waals surface area contributed by atoms with Gasteiger partial charge in [-0.3, -0.25) is 4.79 Å². The highest BCUT2D eigenvalue weighted by Gasteiger charge is 2.34. The molecule has 1 aromatic carbocycles. The molecule has 2 heterocycles. The number of alkyl halides is 2. The Kier molecular flexibility index (Phi) is 4.83. The molecule has 0 aliphatic heterocycles. The molecule has 0 unspecified atom stereocenters. The third-order valence-corrected chi connectivity index (χ3v) is 5.10. The van der Waals surface area contributed by atoms with Crippen LogP contribution >= 0.6 is 22.9 Å². The van der Waals surface area contributed by atoms with E-state index in [4.69, 9.17) is 22.0 Å². The maximum absolute atomic E-state index is 13.5. The Bertz CT molecular complexity index is 965. The minimum Gasteiger partial charge on any atom is -0.354 e. The van der Waals surface area contributed by atoms with E-state index in [0.717, 1.165) is 23.3 Å². The second-order valence-electron chi connectivity index (χ2n) is 5.66. The zero-order chi connectivity index (χ0) is 19.1. The number of aromatic nitrogens is 1. The van der Waals surface area contributed by atoms with Gasteiger partial charge in [0.2, 0.25) is 5.76 Å². The Morgan fingerprint density at radius 1 is 1.31 bits per heavy atom. The monoisotopic (exact) mass is 397 g/mol. The van der Waals surface area contributed by atoms with Gasteiger partial charge in [-0.2, -0.15) is 8.78 Å². The first-order valence-corrected chi connectivity index (χ1v) is 8.68. The third-order valence-electron chi connectivity index (χ3n) is 3.70. The zero-order valence-corrected chi connectivity index (χ0v) is 15.4. The second kappa shape index (κ2) is 6.79. The van der Waals surface area contributed by atoms with Gasteiger partial charge in [-0.25, -0.2) is 10.9 Å². The van der Waals surface area contributed by atoms with Crippen molar-refractivity contribution in [2.45, 2.75) is 19.8 Å². The van der Waals surface area contributed by atoms with Gasteiger partial charge in [0.05, 0.1) is 20.5 Å². The summed E-state index contributed by atoms with van der Waals surface area (Å²) in [6.45, 7) is 2.24. The number of thiophene rings is 1. The van der Waals surface area contributed by atoms with Gasteiger partial charge in [-0.05, 0) is 31.2 Å². The van der Waals surface area contributed by atoms with Gasteiger partial charge in [0.15, 0.2) is 0 Å². The topological polar surface area (TPSA) is 72.4 Å². The Labute approximate surface area is 156 Å². The quantitative estimate of drug-likeness (QED) is 0.382. The maximum atomic E-state index is 13.5. The number of benzene rings is 1. The second-order valence-corrected chi connectivity index (χ2v) is 7.16. The van der Waals surface area contributed by atoms with Crippen LogP contribution in [0.25, 0.3) is 10.6 Å². The standard InChI is InChI=1S/C17H14ClF2N3O2S/c1-9-14(22-25-15(9)17(2,19)20)12-7-8-13(26-12)16(24)23(21)11-6-4-3-5-10(11)18/h3-8H,21H2,1-2H3. The van der Waals surface area contributed by atoms with E-state index < -0.39 is 17.6 Å². The number of carbonyl (C=O) groups is 1. The Balaban J connectivity index is 1.90. The molecule has 3 aromatic rings. The summed E-state index contributed by atoms with van der Waals surface area (Å²) in [5.74, 6) is 1.78. The summed E-state index contributed by atoms with van der Waals surface area (Å²) in [4.78, 5) is 13.4. The van der Waals surface area contributed by atoms with Crippen LogP contribution in [0.5, 0.6) is 0 Å². The summed E-state index contributed by atoms with van der Waals surface area (Å²) >= 11 is 7.13. The highest BCUT2D eigenvalue weighted by molar-refractivity contribution is 7.17. The SMILES string of the molecule is Cc1c(-c2ccc(C(=O)N(N)c3ccccc3Cl)s2)noc1C(C)(F)F. The summed E-state index contributed by atoms with van der Waals surface area (Å²) in [6.07, 6.45) is 0. The van der Waals surface area contributed by atoms with Gasteiger partial charge in [-0.1, -0.05) is 28.9 Å². The van der Waals surface area contributed by atoms with Crippen molar-refractivity contribution in [2.24, 2.45) is 5.84 Å². The van der Waals surface area contributed by atoms with E-state index in [1.165, 1.54) is 6.92 Å². The van der Waals surface area contributed by atoms with Crippen molar-refractivity contribution in [1.29, 1.82) is 0 Å². The number of anilines is 1. The summed E-state index contributed by atoms with van der Waals surface area (Å²) in [5, 5.41) is 5.00. The van der Waals surface area contributed by atoms with Crippen molar-refractivity contribution in [3.8, 4) is 10.6 Å². The van der Waals surface area contributed by atoms with Gasteiger partial charge < -0.3 is 4.52 Å². The minimum absolute atomic E-state index is 0.231. The lowest BCUT2D eigenvalue weighted by atomic mass is 10.1. The Morgan fingerprint density at radius 2 is 2.00 bits per heavy atom. The molecule has 0 saturated heterocycles. The van der Waals surface area contributed by atoms with Crippen molar-refractivity contribution in [2.75, 3.05) is 5.01 Å². The van der Waals surface area contributed by atoms with E-state index in [0.29, 0.717) is 20.5 Å². The molecule has 26 heavy (non-hydrogen) atoms. The average Bonchev–Trinajstić information content (AvgIpc) is 3.20. The van der Waals surface area contributed by atoms with Crippen molar-refractivity contribution >= 4 is 34.5 Å². The lowest BCUT2D eigenvalue weighted by molar-refractivity contribution is -0.0112. The number of para-hydroxylation sites is 1. The van der Waals surface area contributed by atoms with E-state index in [2.05, 4.69) is 5.16 Å². The zero-order valence-electron chi connectivity index (χ0n) is 13.8. The molecule has 0 aliphatic rings. The van der Waals surface area contributed by atoms with Crippen molar-refractivity contribution in [3.63, 3.8) is 0 Å². The molecule has 0 aliphatic carbocycles. The van der Waals surface area contributed by atoms with Crippen molar-refractivity contribution in [3.05, 3.63) is 57.6 Å². The summed E-state index contributed by atoms with van der Waals surface area (Å²) < 4.78 is 31.8. The number of halogens is 3. The van der Waals surface area contributed by atoms with Crippen LogP contribution in [-0.2, 0) is 5.92 Å². The van der Waals surface area contributed by atoms with Crippen LogP contribution in [0.15, 0.2) is 40.9 Å². The highest BCUT2D eigenvalue weighted by atomic mass is 35.5. The molecular weight excluding hydrogens is 384 g/mol. The molecule has 0 saturated carbocycles. The molecule has 2 aromatic heterocycles. The van der Waals surface area contributed by atoms with Gasteiger partial charge in [0, 0.05) is 12.5 Å². The third kappa shape index (κ3) is 3.35. The molecule has 1 amide bonds. The summed E-state index contributed by atoms with van der Waals surface area (Å²) in [5.41, 5.74) is 0.862. The Morgan fingerprint density at radius 3 is 2.62 bits per heavy atom. The Hall–Kier alpha value is -2.29. The van der Waals surface area contributed by atoms with Crippen LogP contribution in [0, 0.1) is 6.92 Å². The molecule has 0 fully saturated rings. The molecule has 9 heteroatoms. The largest absolute Gasteiger partial charge is 0.354 e. The molecule has 0 spiro atoms. The average molecular weight is 398 g/mol. The van der Waals surface area contributed by atoms with E-state index in [1.807, 2.05) is 0 Å². The molecule has 0 radical (unpaired) electrons. The number of nitrogens with two attached hydrogens (primary N) is 1. The fraction of sp³-hybridized carbons (Fsp3) is 0.176. The van der Waals surface area contributed by atoms with Crippen LogP contribution in [0.2, 0.25) is 5.02 Å². The number of nitrogens with zero attached hydrogens (tertiary/aromatic N) is 2. The smallest absolute Gasteiger partial charge is 0.304 e. The molecular formula is C17H14ClF2N3O2S. The first kappa shape index (κ1) is 18.5. The summed E-state index contributed by atoms with van der Waals surface area (Å²) in [7, 11) is 0. The van der Waals surface area contributed by atoms with Gasteiger partial charge in [-0.15, -0.1) is 11.3 Å². The fourth-order valence-electron chi connectivity index (χ4n) is 2.43. The van der Waals surface area contributed by atoms with Crippen LogP contribution in [0.4, 0.5) is 14.5 Å². The normalized spacial score (nSPS) is 11.6. The van der Waals surface area contributed by atoms with E-state index in [-0.39, 0.29) is 11.3 Å². The van der Waals surface area contributed by atoms with Crippen LogP contribution in [0.3, 0.4) is 0 Å². The van der Waals surface area contributed by atoms with Gasteiger partial charge >= 0.3 is 5.92 Å². The van der Waals surface area contributed by atoms with Crippen molar-refractivity contribution < 1.29 is 18.1 Å². The molecule has 5 nitrogen and oxygen atoms in total. The van der Waals surface area contributed by atoms with Gasteiger partial charge in [0.25, 0.3) is 5.91 Å². The highest BCUT2D eigenvalue weighted by Crippen LogP contribution is 2.37. The van der Waals surface area contributed by atoms with E-state index in [1.54, 1.807) is 36.4 Å². The predicted octanol–water partition coefficient (Wildman–Crippen LogP) is 5.00. The van der Waals surface area contributed by atoms with E-state index in [9.17, 15) is 13.6 Å². The fourth-order valence-corrected chi connectivity index (χ4v) is 3.64. The predicted molar refractivity (Wildman–Crippen MR) is 96.6 cm³/mol. The van der Waals surface area contributed by atoms with Crippen LogP contribution in [0.1, 0.15) is 27.9 Å². The number of carbonyl (C=O) groups excluding carboxylic acids is 1. The number of hydrogen-bond donors (Lipinski definition) is 1. The molecule has 136 valence electrons. The lowest BCUT2D eigenvalue weighted by Gasteiger charge is -2.16. The first-order valence-electron chi connectivity index (χ1n) is 7.48. The number of hydrogen-bond acceptors (Lipinski definition) is 5. The van der Waals surface area contributed by atoms with Crippen LogP contribution < -0.4 is 10.9 Å². The van der Waals surface area contributed by atoms with Gasteiger partial charge in [0.1, 0.15) is 5.69 Å². The lowest BCUT2D eigenvalue weighted by Crippen LogP contribution is -2.37. The molecule has 0 atom stereocenters. The minimum atomic E-state index is -3.14.